The van der Waals surface area contributed by atoms with Crippen molar-refractivity contribution in [3.05, 3.63) is 106 Å². The summed E-state index contributed by atoms with van der Waals surface area (Å²) in [5, 5.41) is 75.0. The van der Waals surface area contributed by atoms with E-state index in [9.17, 15) is 59.4 Å². The molecule has 0 fully saturated rings. The molecule has 51 heavy (non-hydrogen) atoms. The van der Waals surface area contributed by atoms with Crippen molar-refractivity contribution in [1.29, 1.82) is 0 Å². The molecule has 0 bridgehead atoms. The highest BCUT2D eigenvalue weighted by Crippen LogP contribution is 2.23. The van der Waals surface area contributed by atoms with Crippen molar-refractivity contribution in [2.24, 2.45) is 0 Å². The summed E-state index contributed by atoms with van der Waals surface area (Å²) in [6, 6.07) is 17.1. The maximum absolute atomic E-state index is 11.0. The Kier molecular flexibility index (Phi) is 11.1. The fraction of sp³-hybridized carbons (Fsp3) is 0. The van der Waals surface area contributed by atoms with E-state index in [2.05, 4.69) is 30.9 Å². The van der Waals surface area contributed by atoms with Crippen molar-refractivity contribution < 1.29 is 59.4 Å². The second-order valence-corrected chi connectivity index (χ2v) is 9.95. The van der Waals surface area contributed by atoms with Gasteiger partial charge in [-0.1, -0.05) is 36.4 Å². The third kappa shape index (κ3) is 10.0. The number of anilines is 6. The van der Waals surface area contributed by atoms with E-state index in [0.717, 1.165) is 18.2 Å². The molecule has 0 atom stereocenters. The summed E-state index contributed by atoms with van der Waals surface area (Å²) in [6.45, 7) is 0. The van der Waals surface area contributed by atoms with Crippen molar-refractivity contribution >= 4 is 89.0 Å². The highest BCUT2D eigenvalue weighted by atomic mass is 16.4. The van der Waals surface area contributed by atoms with Gasteiger partial charge in [0.05, 0.1) is 35.8 Å². The molecular formula is C33H18N6O12-6. The highest BCUT2D eigenvalue weighted by Gasteiger charge is 2.10. The van der Waals surface area contributed by atoms with Crippen LogP contribution in [0.3, 0.4) is 0 Å². The monoisotopic (exact) mass is 690 g/mol. The summed E-state index contributed by atoms with van der Waals surface area (Å²) in [5.41, 5.74) is -1.54. The van der Waals surface area contributed by atoms with E-state index in [0.29, 0.717) is 17.1 Å². The Labute approximate surface area is 285 Å². The van der Waals surface area contributed by atoms with Gasteiger partial charge in [-0.3, -0.25) is 0 Å². The summed E-state index contributed by atoms with van der Waals surface area (Å²) >= 11 is 0. The number of carbonyl (C=O) groups excluding carboxylic acids is 6. The standard InChI is InChI=1S/C33H24N6O12/c40-25(41)22(26(42)43)13-16-1-7-19(8-2-16)34-31-37-32(35-20-9-3-17(4-10-20)14-23(27(44)45)28(46)47)39-33(38-31)36-21-11-5-18(6-12-21)15-24(29(48)49)30(50)51/h1-15H,(H,40,41)(H,42,43)(H,44,45)(H,46,47)(H,48,49)(H,50,51)(H3,34,35,36,37,38,39)/p-6. The lowest BCUT2D eigenvalue weighted by molar-refractivity contribution is -0.314. The summed E-state index contributed by atoms with van der Waals surface area (Å²) < 4.78 is 0. The molecule has 0 saturated heterocycles. The van der Waals surface area contributed by atoms with Gasteiger partial charge in [-0.05, 0) is 71.3 Å². The molecule has 4 rings (SSSR count). The summed E-state index contributed by atoms with van der Waals surface area (Å²) in [6.07, 6.45) is 2.54. The van der Waals surface area contributed by atoms with Crippen molar-refractivity contribution in [1.82, 2.24) is 15.0 Å². The van der Waals surface area contributed by atoms with E-state index in [-0.39, 0.29) is 34.5 Å². The number of nitrogens with zero attached hydrogens (tertiary/aromatic N) is 3. The highest BCUT2D eigenvalue weighted by molar-refractivity contribution is 6.15. The van der Waals surface area contributed by atoms with Gasteiger partial charge in [-0.2, -0.15) is 15.0 Å². The van der Waals surface area contributed by atoms with Gasteiger partial charge < -0.3 is 75.4 Å². The molecule has 0 radical (unpaired) electrons. The van der Waals surface area contributed by atoms with Crippen LogP contribution in [0.2, 0.25) is 0 Å². The van der Waals surface area contributed by atoms with Crippen LogP contribution >= 0.6 is 0 Å². The maximum Gasteiger partial charge on any atom is 0.233 e. The SMILES string of the molecule is O=C([O-])C(=Cc1ccc(Nc2nc(Nc3ccc(C=C(C(=O)[O-])C(=O)[O-])cc3)nc(Nc3ccc(C=C(C(=O)[O-])C(=O)[O-])cc3)n2)cc1)C(=O)[O-]. The number of carbonyl (C=O) groups is 6. The van der Waals surface area contributed by atoms with Gasteiger partial charge >= 0.3 is 0 Å². The summed E-state index contributed by atoms with van der Waals surface area (Å²) in [4.78, 5) is 79.2. The number of carboxylic acids is 6. The zero-order valence-corrected chi connectivity index (χ0v) is 25.4. The molecule has 18 nitrogen and oxygen atoms in total. The second kappa shape index (κ2) is 15.8. The molecule has 3 aromatic carbocycles. The van der Waals surface area contributed by atoms with Crippen molar-refractivity contribution in [2.75, 3.05) is 16.0 Å². The lowest BCUT2D eigenvalue weighted by atomic mass is 10.1. The third-order valence-corrected chi connectivity index (χ3v) is 6.39. The van der Waals surface area contributed by atoms with Gasteiger partial charge in [0.15, 0.2) is 0 Å². The number of aromatic nitrogens is 3. The van der Waals surface area contributed by atoms with Crippen LogP contribution in [0, 0.1) is 0 Å². The number of aliphatic carboxylic acids is 6. The van der Waals surface area contributed by atoms with Crippen LogP contribution in [0.1, 0.15) is 16.7 Å². The Balaban J connectivity index is 1.64. The number of benzene rings is 3. The zero-order chi connectivity index (χ0) is 37.2. The van der Waals surface area contributed by atoms with E-state index in [4.69, 9.17) is 0 Å². The summed E-state index contributed by atoms with van der Waals surface area (Å²) in [7, 11) is 0. The van der Waals surface area contributed by atoms with E-state index in [1.165, 1.54) is 72.8 Å². The maximum atomic E-state index is 11.0. The molecule has 0 amide bonds. The van der Waals surface area contributed by atoms with E-state index >= 15 is 0 Å². The number of hydrogen-bond donors (Lipinski definition) is 3. The van der Waals surface area contributed by atoms with Crippen molar-refractivity contribution in [3.8, 4) is 0 Å². The third-order valence-electron chi connectivity index (χ3n) is 6.39. The minimum atomic E-state index is -1.93. The first-order chi connectivity index (χ1) is 24.2. The molecule has 3 N–H and O–H groups in total. The quantitative estimate of drug-likeness (QED) is 0.0604. The van der Waals surface area contributed by atoms with Gasteiger partial charge in [0.2, 0.25) is 17.8 Å². The fourth-order valence-electron chi connectivity index (χ4n) is 4.02. The molecule has 258 valence electrons. The number of rotatable bonds is 15. The molecule has 0 aliphatic carbocycles. The van der Waals surface area contributed by atoms with Crippen LogP contribution in [0.5, 0.6) is 0 Å². The van der Waals surface area contributed by atoms with Gasteiger partial charge in [0, 0.05) is 33.8 Å². The normalized spacial score (nSPS) is 10.1. The lowest BCUT2D eigenvalue weighted by Crippen LogP contribution is -2.36. The van der Waals surface area contributed by atoms with Crippen LogP contribution in [0.15, 0.2) is 89.5 Å². The minimum absolute atomic E-state index is 0.0531. The first kappa shape index (κ1) is 36.0. The predicted octanol–water partition coefficient (Wildman–Crippen LogP) is -4.25. The van der Waals surface area contributed by atoms with Crippen LogP contribution in [-0.2, 0) is 28.8 Å². The molecule has 18 heteroatoms. The van der Waals surface area contributed by atoms with Crippen molar-refractivity contribution in [2.45, 2.75) is 0 Å². The number of hydrogen-bond acceptors (Lipinski definition) is 18. The van der Waals surface area contributed by atoms with E-state index in [1.54, 1.807) is 0 Å². The number of nitrogens with one attached hydrogen (secondary N) is 3. The average Bonchev–Trinajstić information content (AvgIpc) is 3.06. The van der Waals surface area contributed by atoms with Crippen LogP contribution in [0.25, 0.3) is 18.2 Å². The zero-order valence-electron chi connectivity index (χ0n) is 25.4. The Hall–Kier alpha value is -7.89. The molecular weight excluding hydrogens is 672 g/mol. The van der Waals surface area contributed by atoms with Crippen LogP contribution in [0.4, 0.5) is 34.9 Å². The van der Waals surface area contributed by atoms with E-state index < -0.39 is 52.5 Å². The molecule has 1 aromatic heterocycles. The Morgan fingerprint density at radius 3 is 0.745 bits per heavy atom. The van der Waals surface area contributed by atoms with Crippen LogP contribution < -0.4 is 46.6 Å². The first-order valence-electron chi connectivity index (χ1n) is 14.0. The summed E-state index contributed by atoms with van der Waals surface area (Å²) in [5.74, 6) is -11.7. The molecule has 0 aliphatic rings. The Morgan fingerprint density at radius 2 is 0.569 bits per heavy atom. The first-order valence-corrected chi connectivity index (χ1v) is 14.0. The second-order valence-electron chi connectivity index (χ2n) is 9.95. The molecule has 0 spiro atoms. The topological polar surface area (TPSA) is 316 Å². The van der Waals surface area contributed by atoms with Gasteiger partial charge in [0.25, 0.3) is 0 Å². The van der Waals surface area contributed by atoms with E-state index in [1.807, 2.05) is 0 Å². The van der Waals surface area contributed by atoms with Crippen LogP contribution in [-0.4, -0.2) is 50.8 Å². The molecule has 0 unspecified atom stereocenters. The smallest absolute Gasteiger partial charge is 0.233 e. The molecule has 1 heterocycles. The molecule has 0 saturated carbocycles. The Morgan fingerprint density at radius 1 is 0.373 bits per heavy atom. The average molecular weight is 691 g/mol. The largest absolute Gasteiger partial charge is 0.545 e. The van der Waals surface area contributed by atoms with Crippen molar-refractivity contribution in [3.63, 3.8) is 0 Å². The fourth-order valence-corrected chi connectivity index (χ4v) is 4.02. The number of carboxylic acid groups (broad SMARTS) is 6. The Bertz CT molecular complexity index is 1820. The predicted molar refractivity (Wildman–Crippen MR) is 163 cm³/mol. The van der Waals surface area contributed by atoms with Gasteiger partial charge in [-0.25, -0.2) is 0 Å². The van der Waals surface area contributed by atoms with Gasteiger partial charge in [0.1, 0.15) is 0 Å². The lowest BCUT2D eigenvalue weighted by Gasteiger charge is -2.13. The van der Waals surface area contributed by atoms with Gasteiger partial charge in [-0.15, -0.1) is 0 Å². The minimum Gasteiger partial charge on any atom is -0.545 e. The molecule has 4 aromatic rings. The molecule has 0 aliphatic heterocycles.